The van der Waals surface area contributed by atoms with Crippen molar-refractivity contribution in [2.24, 2.45) is 17.3 Å². The largest absolute Gasteiger partial charge is 0.481 e. The van der Waals surface area contributed by atoms with Crippen LogP contribution in [0, 0.1) is 17.3 Å². The zero-order valence-corrected chi connectivity index (χ0v) is 11.5. The number of epoxide rings is 2. The first-order valence-electron chi connectivity index (χ1n) is 7.01. The highest BCUT2D eigenvalue weighted by Gasteiger charge is 2.55. The van der Waals surface area contributed by atoms with Crippen molar-refractivity contribution < 1.29 is 29.3 Å². The maximum atomic E-state index is 11.8. The van der Waals surface area contributed by atoms with Gasteiger partial charge in [0, 0.05) is 5.92 Å². The number of ether oxygens (including phenoxy) is 2. The van der Waals surface area contributed by atoms with E-state index in [2.05, 4.69) is 6.58 Å². The predicted octanol–water partition coefficient (Wildman–Crippen LogP) is 1.08. The second kappa shape index (κ2) is 4.96. The van der Waals surface area contributed by atoms with E-state index in [9.17, 15) is 19.8 Å². The summed E-state index contributed by atoms with van der Waals surface area (Å²) in [5.41, 5.74) is -1.02. The minimum atomic E-state index is -1.47. The molecule has 0 bridgehead atoms. The third kappa shape index (κ3) is 2.61. The minimum absolute atomic E-state index is 0.134. The number of carbonyl (C=O) groups is 2. The molecule has 2 fully saturated rings. The summed E-state index contributed by atoms with van der Waals surface area (Å²) in [7, 11) is 0. The van der Waals surface area contributed by atoms with Crippen molar-refractivity contribution in [3.63, 3.8) is 0 Å². The normalized spacial score (nSPS) is 40.9. The zero-order chi connectivity index (χ0) is 15.2. The molecule has 0 spiro atoms. The number of aliphatic carboxylic acids is 2. The van der Waals surface area contributed by atoms with E-state index in [4.69, 9.17) is 9.47 Å². The molecule has 2 N–H and O–H groups in total. The maximum Gasteiger partial charge on any atom is 0.314 e. The third-order valence-electron chi connectivity index (χ3n) is 4.52. The third-order valence-corrected chi connectivity index (χ3v) is 4.52. The first kappa shape index (κ1) is 14.3. The van der Waals surface area contributed by atoms with Crippen molar-refractivity contribution in [1.82, 2.24) is 0 Å². The number of carboxylic acids is 2. The smallest absolute Gasteiger partial charge is 0.314 e. The molecule has 2 saturated heterocycles. The minimum Gasteiger partial charge on any atom is -0.481 e. The Morgan fingerprint density at radius 2 is 1.90 bits per heavy atom. The van der Waals surface area contributed by atoms with Crippen LogP contribution in [0.25, 0.3) is 0 Å². The molecule has 6 nitrogen and oxygen atoms in total. The Labute approximate surface area is 122 Å². The highest BCUT2D eigenvalue weighted by molar-refractivity contribution is 5.88. The molecule has 114 valence electrons. The fraction of sp³-hybridized carbons (Fsp3) is 0.600. The SMILES string of the molecule is C=C1C(CC2CO2)C=CC(CC2CO2)(C(=O)O)C1C(=O)O. The first-order chi connectivity index (χ1) is 9.94. The van der Waals surface area contributed by atoms with E-state index < -0.39 is 23.3 Å². The molecule has 0 radical (unpaired) electrons. The standard InChI is InChI=1S/C15H18O6/c1-8-9(4-10-6-20-10)2-3-15(14(18)19,5-11-7-21-11)12(8)13(16)17/h2-3,9-12H,1,4-7H2,(H,16,17)(H,18,19). The van der Waals surface area contributed by atoms with Crippen molar-refractivity contribution in [1.29, 1.82) is 0 Å². The predicted molar refractivity (Wildman–Crippen MR) is 71.7 cm³/mol. The Balaban J connectivity index is 1.93. The monoisotopic (exact) mass is 294 g/mol. The molecule has 2 heterocycles. The van der Waals surface area contributed by atoms with Gasteiger partial charge in [0.25, 0.3) is 0 Å². The lowest BCUT2D eigenvalue weighted by Crippen LogP contribution is -2.46. The van der Waals surface area contributed by atoms with Crippen molar-refractivity contribution in [3.8, 4) is 0 Å². The van der Waals surface area contributed by atoms with E-state index in [1.807, 2.05) is 0 Å². The van der Waals surface area contributed by atoms with Crippen molar-refractivity contribution in [3.05, 3.63) is 24.3 Å². The van der Waals surface area contributed by atoms with Crippen LogP contribution in [0.5, 0.6) is 0 Å². The van der Waals surface area contributed by atoms with Gasteiger partial charge < -0.3 is 19.7 Å². The van der Waals surface area contributed by atoms with Crippen LogP contribution in [-0.4, -0.2) is 47.6 Å². The van der Waals surface area contributed by atoms with Crippen LogP contribution < -0.4 is 0 Å². The topological polar surface area (TPSA) is 99.7 Å². The molecule has 0 amide bonds. The van der Waals surface area contributed by atoms with Gasteiger partial charge in [-0.3, -0.25) is 9.59 Å². The van der Waals surface area contributed by atoms with Gasteiger partial charge in [0.05, 0.1) is 31.3 Å². The van der Waals surface area contributed by atoms with Crippen molar-refractivity contribution >= 4 is 11.9 Å². The summed E-state index contributed by atoms with van der Waals surface area (Å²) in [5, 5.41) is 19.2. The molecule has 0 aromatic rings. The molecular weight excluding hydrogens is 276 g/mol. The molecule has 5 unspecified atom stereocenters. The van der Waals surface area contributed by atoms with E-state index in [1.165, 1.54) is 6.08 Å². The number of hydrogen-bond donors (Lipinski definition) is 2. The average Bonchev–Trinajstić information content (AvgIpc) is 3.27. The van der Waals surface area contributed by atoms with Crippen LogP contribution in [0.4, 0.5) is 0 Å². The van der Waals surface area contributed by atoms with Gasteiger partial charge in [-0.25, -0.2) is 0 Å². The van der Waals surface area contributed by atoms with Gasteiger partial charge in [0.2, 0.25) is 0 Å². The number of hydrogen-bond acceptors (Lipinski definition) is 4. The van der Waals surface area contributed by atoms with Crippen molar-refractivity contribution in [2.45, 2.75) is 25.0 Å². The van der Waals surface area contributed by atoms with Crippen LogP contribution in [0.2, 0.25) is 0 Å². The fourth-order valence-corrected chi connectivity index (χ4v) is 3.18. The van der Waals surface area contributed by atoms with E-state index in [-0.39, 0.29) is 24.5 Å². The van der Waals surface area contributed by atoms with Gasteiger partial charge >= 0.3 is 11.9 Å². The summed E-state index contributed by atoms with van der Waals surface area (Å²) < 4.78 is 10.3. The molecule has 3 rings (SSSR count). The second-order valence-corrected chi connectivity index (χ2v) is 6.01. The Bertz CT molecular complexity index is 516. The summed E-state index contributed by atoms with van der Waals surface area (Å²) in [6.07, 6.45) is 4.10. The molecule has 21 heavy (non-hydrogen) atoms. The van der Waals surface area contributed by atoms with E-state index in [0.717, 1.165) is 0 Å². The summed E-state index contributed by atoms with van der Waals surface area (Å²) in [6.45, 7) is 5.06. The molecule has 0 aromatic carbocycles. The van der Waals surface area contributed by atoms with Gasteiger partial charge in [-0.2, -0.15) is 0 Å². The first-order valence-corrected chi connectivity index (χ1v) is 7.01. The van der Waals surface area contributed by atoms with E-state index in [1.54, 1.807) is 6.08 Å². The Morgan fingerprint density at radius 1 is 1.29 bits per heavy atom. The van der Waals surface area contributed by atoms with Crippen LogP contribution in [-0.2, 0) is 19.1 Å². The molecule has 0 saturated carbocycles. The summed E-state index contributed by atoms with van der Waals surface area (Å²) in [6, 6.07) is 0. The highest BCUT2D eigenvalue weighted by Crippen LogP contribution is 2.48. The molecule has 3 aliphatic rings. The van der Waals surface area contributed by atoms with Crippen LogP contribution in [0.15, 0.2) is 24.3 Å². The molecular formula is C15H18O6. The van der Waals surface area contributed by atoms with Crippen LogP contribution in [0.3, 0.4) is 0 Å². The molecule has 5 atom stereocenters. The highest BCUT2D eigenvalue weighted by atomic mass is 16.6. The Kier molecular flexibility index (Phi) is 3.37. The number of allylic oxidation sites excluding steroid dienone is 1. The molecule has 0 aromatic heterocycles. The molecule has 6 heteroatoms. The van der Waals surface area contributed by atoms with E-state index >= 15 is 0 Å². The summed E-state index contributed by atoms with van der Waals surface area (Å²) in [4.78, 5) is 23.5. The van der Waals surface area contributed by atoms with Crippen LogP contribution >= 0.6 is 0 Å². The van der Waals surface area contributed by atoms with Gasteiger partial charge in [0.15, 0.2) is 0 Å². The second-order valence-electron chi connectivity index (χ2n) is 6.01. The fourth-order valence-electron chi connectivity index (χ4n) is 3.18. The van der Waals surface area contributed by atoms with Gasteiger partial charge in [-0.15, -0.1) is 0 Å². The average molecular weight is 294 g/mol. The van der Waals surface area contributed by atoms with E-state index in [0.29, 0.717) is 25.2 Å². The summed E-state index contributed by atoms with van der Waals surface area (Å²) in [5.74, 6) is -3.56. The van der Waals surface area contributed by atoms with Gasteiger partial charge in [0.1, 0.15) is 5.41 Å². The zero-order valence-electron chi connectivity index (χ0n) is 11.5. The number of carboxylic acid groups (broad SMARTS) is 2. The Hall–Kier alpha value is -1.66. The van der Waals surface area contributed by atoms with Gasteiger partial charge in [-0.1, -0.05) is 24.3 Å². The number of rotatable bonds is 6. The molecule has 1 aliphatic carbocycles. The summed E-state index contributed by atoms with van der Waals surface area (Å²) >= 11 is 0. The van der Waals surface area contributed by atoms with Crippen molar-refractivity contribution in [2.75, 3.05) is 13.2 Å². The Morgan fingerprint density at radius 3 is 2.38 bits per heavy atom. The van der Waals surface area contributed by atoms with Crippen LogP contribution in [0.1, 0.15) is 12.8 Å². The quantitative estimate of drug-likeness (QED) is 0.561. The lowest BCUT2D eigenvalue weighted by molar-refractivity contribution is -0.158. The maximum absolute atomic E-state index is 11.8. The lowest BCUT2D eigenvalue weighted by Gasteiger charge is -2.39. The van der Waals surface area contributed by atoms with Gasteiger partial charge in [-0.05, 0) is 12.8 Å². The molecule has 2 aliphatic heterocycles. The lowest BCUT2D eigenvalue weighted by atomic mass is 9.62.